The predicted octanol–water partition coefficient (Wildman–Crippen LogP) is 3.32. The lowest BCUT2D eigenvalue weighted by atomic mass is 10.2. The highest BCUT2D eigenvalue weighted by Gasteiger charge is 2.08. The summed E-state index contributed by atoms with van der Waals surface area (Å²) < 4.78 is 12.8. The van der Waals surface area contributed by atoms with Gasteiger partial charge in [0.25, 0.3) is 5.91 Å². The minimum atomic E-state index is -0.461. The summed E-state index contributed by atoms with van der Waals surface area (Å²) in [6, 6.07) is 12.5. The third-order valence-corrected chi connectivity index (χ3v) is 4.14. The van der Waals surface area contributed by atoms with Crippen LogP contribution in [0.25, 0.3) is 10.6 Å². The van der Waals surface area contributed by atoms with E-state index >= 15 is 0 Å². The molecular weight excluding hydrogens is 313 g/mol. The van der Waals surface area contributed by atoms with Crippen molar-refractivity contribution in [2.75, 3.05) is 6.54 Å². The Morgan fingerprint density at radius 3 is 2.74 bits per heavy atom. The lowest BCUT2D eigenvalue weighted by Gasteiger charge is -2.03. The van der Waals surface area contributed by atoms with Gasteiger partial charge < -0.3 is 5.32 Å². The molecule has 0 saturated heterocycles. The second kappa shape index (κ2) is 7.11. The van der Waals surface area contributed by atoms with Crippen molar-refractivity contribution in [2.45, 2.75) is 6.42 Å². The van der Waals surface area contributed by atoms with Crippen molar-refractivity contribution in [3.8, 4) is 10.6 Å². The lowest BCUT2D eigenvalue weighted by molar-refractivity contribution is 0.0949. The van der Waals surface area contributed by atoms with Crippen LogP contribution in [-0.2, 0) is 6.42 Å². The molecule has 6 heteroatoms. The van der Waals surface area contributed by atoms with Crippen molar-refractivity contribution in [1.82, 2.24) is 15.3 Å². The van der Waals surface area contributed by atoms with E-state index in [1.54, 1.807) is 11.3 Å². The van der Waals surface area contributed by atoms with Crippen LogP contribution in [-0.4, -0.2) is 22.4 Å². The van der Waals surface area contributed by atoms with Crippen LogP contribution in [0.3, 0.4) is 0 Å². The van der Waals surface area contributed by atoms with E-state index in [0.717, 1.165) is 22.5 Å². The Balaban J connectivity index is 1.54. The Labute approximate surface area is 137 Å². The third-order valence-electron chi connectivity index (χ3n) is 3.20. The van der Waals surface area contributed by atoms with E-state index in [4.69, 9.17) is 0 Å². The van der Waals surface area contributed by atoms with E-state index in [-0.39, 0.29) is 11.6 Å². The molecule has 0 bridgehead atoms. The van der Waals surface area contributed by atoms with Gasteiger partial charge in [-0.3, -0.25) is 4.79 Å². The second-order valence-corrected chi connectivity index (χ2v) is 5.74. The summed E-state index contributed by atoms with van der Waals surface area (Å²) in [5.74, 6) is -0.777. The van der Waals surface area contributed by atoms with E-state index in [1.165, 1.54) is 12.1 Å². The Morgan fingerprint density at radius 2 is 2.00 bits per heavy atom. The number of nitrogens with zero attached hydrogens (tertiary/aromatic N) is 2. The van der Waals surface area contributed by atoms with Gasteiger partial charge in [0.05, 0.1) is 11.9 Å². The van der Waals surface area contributed by atoms with Crippen molar-refractivity contribution < 1.29 is 9.18 Å². The van der Waals surface area contributed by atoms with E-state index in [0.29, 0.717) is 13.0 Å². The molecule has 0 unspecified atom stereocenters. The van der Waals surface area contributed by atoms with Gasteiger partial charge in [-0.1, -0.05) is 30.3 Å². The van der Waals surface area contributed by atoms with Crippen molar-refractivity contribution in [2.24, 2.45) is 0 Å². The Morgan fingerprint density at radius 1 is 1.17 bits per heavy atom. The van der Waals surface area contributed by atoms with Crippen molar-refractivity contribution in [3.63, 3.8) is 0 Å². The number of halogens is 1. The average Bonchev–Trinajstić information content (AvgIpc) is 3.05. The van der Waals surface area contributed by atoms with Gasteiger partial charge in [0.1, 0.15) is 16.5 Å². The maximum Gasteiger partial charge on any atom is 0.269 e. The molecule has 0 radical (unpaired) electrons. The number of amides is 1. The highest BCUT2D eigenvalue weighted by molar-refractivity contribution is 7.13. The molecule has 0 aliphatic carbocycles. The molecule has 0 fully saturated rings. The summed E-state index contributed by atoms with van der Waals surface area (Å²) in [7, 11) is 0. The average molecular weight is 327 g/mol. The zero-order valence-electron chi connectivity index (χ0n) is 12.2. The number of aromatic nitrogens is 2. The van der Waals surface area contributed by atoms with Gasteiger partial charge in [-0.2, -0.15) is 0 Å². The third kappa shape index (κ3) is 3.98. The standard InChI is InChI=1S/C17H14FN3OS/c18-13-6-7-15(20-10-13)16(22)19-9-8-14-11-23-17(21-14)12-4-2-1-3-5-12/h1-7,10-11H,8-9H2,(H,19,22). The minimum Gasteiger partial charge on any atom is -0.350 e. The maximum atomic E-state index is 12.8. The molecule has 23 heavy (non-hydrogen) atoms. The lowest BCUT2D eigenvalue weighted by Crippen LogP contribution is -2.26. The first-order valence-electron chi connectivity index (χ1n) is 7.12. The van der Waals surface area contributed by atoms with Crippen LogP contribution in [0.2, 0.25) is 0 Å². The highest BCUT2D eigenvalue weighted by atomic mass is 32.1. The van der Waals surface area contributed by atoms with Crippen LogP contribution in [0, 0.1) is 5.82 Å². The summed E-state index contributed by atoms with van der Waals surface area (Å²) in [4.78, 5) is 20.2. The summed E-state index contributed by atoms with van der Waals surface area (Å²) in [5.41, 5.74) is 2.22. The number of pyridine rings is 1. The fraction of sp³-hybridized carbons (Fsp3) is 0.118. The largest absolute Gasteiger partial charge is 0.350 e. The van der Waals surface area contributed by atoms with Gasteiger partial charge >= 0.3 is 0 Å². The molecule has 0 aliphatic heterocycles. The number of hydrogen-bond acceptors (Lipinski definition) is 4. The maximum absolute atomic E-state index is 12.8. The van der Waals surface area contributed by atoms with E-state index < -0.39 is 5.82 Å². The number of thiazole rings is 1. The fourth-order valence-electron chi connectivity index (χ4n) is 2.04. The summed E-state index contributed by atoms with van der Waals surface area (Å²) in [6.07, 6.45) is 1.66. The van der Waals surface area contributed by atoms with Gasteiger partial charge in [-0.15, -0.1) is 11.3 Å². The first-order chi connectivity index (χ1) is 11.2. The van der Waals surface area contributed by atoms with Crippen LogP contribution >= 0.6 is 11.3 Å². The zero-order chi connectivity index (χ0) is 16.1. The molecule has 3 rings (SSSR count). The summed E-state index contributed by atoms with van der Waals surface area (Å²) >= 11 is 1.58. The van der Waals surface area contributed by atoms with E-state index in [2.05, 4.69) is 15.3 Å². The molecule has 116 valence electrons. The molecule has 4 nitrogen and oxygen atoms in total. The number of nitrogens with one attached hydrogen (secondary N) is 1. The number of carbonyl (C=O) groups excluding carboxylic acids is 1. The number of carbonyl (C=O) groups is 1. The molecule has 2 aromatic heterocycles. The van der Waals surface area contributed by atoms with Crippen molar-refractivity contribution >= 4 is 17.2 Å². The molecule has 0 aliphatic rings. The molecule has 0 atom stereocenters. The Bertz CT molecular complexity index is 787. The highest BCUT2D eigenvalue weighted by Crippen LogP contribution is 2.23. The van der Waals surface area contributed by atoms with Crippen LogP contribution in [0.1, 0.15) is 16.2 Å². The number of benzene rings is 1. The molecular formula is C17H14FN3OS. The number of hydrogen-bond donors (Lipinski definition) is 1. The van der Waals surface area contributed by atoms with Gasteiger partial charge in [-0.25, -0.2) is 14.4 Å². The van der Waals surface area contributed by atoms with Crippen LogP contribution in [0.15, 0.2) is 54.0 Å². The first kappa shape index (κ1) is 15.3. The van der Waals surface area contributed by atoms with Crippen molar-refractivity contribution in [1.29, 1.82) is 0 Å². The van der Waals surface area contributed by atoms with Gasteiger partial charge in [0, 0.05) is 23.9 Å². The van der Waals surface area contributed by atoms with Gasteiger partial charge in [0.2, 0.25) is 0 Å². The minimum absolute atomic E-state index is 0.203. The first-order valence-corrected chi connectivity index (χ1v) is 8.00. The number of rotatable bonds is 5. The summed E-state index contributed by atoms with van der Waals surface area (Å²) in [5, 5.41) is 5.71. The normalized spacial score (nSPS) is 10.5. The van der Waals surface area contributed by atoms with Crippen LogP contribution in [0.5, 0.6) is 0 Å². The van der Waals surface area contributed by atoms with E-state index in [1.807, 2.05) is 35.7 Å². The monoisotopic (exact) mass is 327 g/mol. The van der Waals surface area contributed by atoms with Gasteiger partial charge in [-0.05, 0) is 12.1 Å². The Kier molecular flexibility index (Phi) is 4.73. The molecule has 0 spiro atoms. The smallest absolute Gasteiger partial charge is 0.269 e. The SMILES string of the molecule is O=C(NCCc1csc(-c2ccccc2)n1)c1ccc(F)cn1. The molecule has 3 aromatic rings. The predicted molar refractivity (Wildman–Crippen MR) is 87.8 cm³/mol. The van der Waals surface area contributed by atoms with Crippen LogP contribution in [0.4, 0.5) is 4.39 Å². The summed E-state index contributed by atoms with van der Waals surface area (Å²) in [6.45, 7) is 0.454. The molecule has 1 N–H and O–H groups in total. The Hall–Kier alpha value is -2.60. The van der Waals surface area contributed by atoms with Crippen molar-refractivity contribution in [3.05, 3.63) is 71.2 Å². The topological polar surface area (TPSA) is 54.9 Å². The second-order valence-electron chi connectivity index (χ2n) is 4.88. The molecule has 2 heterocycles. The quantitative estimate of drug-likeness (QED) is 0.782. The van der Waals surface area contributed by atoms with E-state index in [9.17, 15) is 9.18 Å². The molecule has 1 aromatic carbocycles. The molecule has 1 amide bonds. The van der Waals surface area contributed by atoms with Gasteiger partial charge in [0.15, 0.2) is 0 Å². The zero-order valence-corrected chi connectivity index (χ0v) is 13.0. The molecule has 0 saturated carbocycles. The fourth-order valence-corrected chi connectivity index (χ4v) is 2.90. The van der Waals surface area contributed by atoms with Crippen LogP contribution < -0.4 is 5.32 Å².